The number of benzene rings is 1. The Hall–Kier alpha value is -1.00. The van der Waals surface area contributed by atoms with Gasteiger partial charge in [-0.2, -0.15) is 0 Å². The van der Waals surface area contributed by atoms with Crippen LogP contribution in [0.1, 0.15) is 19.4 Å². The van der Waals surface area contributed by atoms with Crippen LogP contribution in [0.15, 0.2) is 6.07 Å². The summed E-state index contributed by atoms with van der Waals surface area (Å²) in [6, 6.07) is 1.25. The molecule has 0 spiro atoms. The zero-order chi connectivity index (χ0) is 11.8. The molecule has 0 radical (unpaired) electrons. The number of phenols is 1. The fraction of sp³-hybridized carbons (Fsp3) is 0.400. The van der Waals surface area contributed by atoms with Crippen molar-refractivity contribution in [1.82, 2.24) is 0 Å². The van der Waals surface area contributed by atoms with Crippen molar-refractivity contribution in [1.29, 1.82) is 0 Å². The van der Waals surface area contributed by atoms with Crippen LogP contribution >= 0.6 is 11.6 Å². The van der Waals surface area contributed by atoms with Crippen LogP contribution in [-0.4, -0.2) is 12.2 Å². The van der Waals surface area contributed by atoms with Gasteiger partial charge in [0.05, 0.1) is 12.7 Å². The molecular formula is C10H13ClFNO2. The topological polar surface area (TPSA) is 55.5 Å². The third-order valence-corrected chi connectivity index (χ3v) is 2.37. The van der Waals surface area contributed by atoms with Crippen LogP contribution in [0.25, 0.3) is 0 Å². The highest BCUT2D eigenvalue weighted by Gasteiger charge is 2.27. The summed E-state index contributed by atoms with van der Waals surface area (Å²) in [4.78, 5) is 0. The normalized spacial score (nSPS) is 11.6. The van der Waals surface area contributed by atoms with Gasteiger partial charge in [0.25, 0.3) is 0 Å². The van der Waals surface area contributed by atoms with E-state index in [1.807, 2.05) is 0 Å². The fourth-order valence-corrected chi connectivity index (χ4v) is 1.58. The Labute approximate surface area is 92.6 Å². The van der Waals surface area contributed by atoms with Crippen molar-refractivity contribution in [2.24, 2.45) is 5.73 Å². The van der Waals surface area contributed by atoms with Gasteiger partial charge in [-0.1, -0.05) is 11.6 Å². The Morgan fingerprint density at radius 3 is 2.47 bits per heavy atom. The summed E-state index contributed by atoms with van der Waals surface area (Å²) in [6.07, 6.45) is 0. The monoisotopic (exact) mass is 233 g/mol. The number of rotatable bonds is 2. The first kappa shape index (κ1) is 12.1. The summed E-state index contributed by atoms with van der Waals surface area (Å²) in [7, 11) is 1.34. The smallest absolute Gasteiger partial charge is 0.154 e. The van der Waals surface area contributed by atoms with Gasteiger partial charge in [-0.15, -0.1) is 0 Å². The number of halogens is 2. The molecule has 0 atom stereocenters. The van der Waals surface area contributed by atoms with E-state index in [2.05, 4.69) is 0 Å². The molecule has 1 rings (SSSR count). The number of methoxy groups -OCH3 is 1. The van der Waals surface area contributed by atoms with Gasteiger partial charge < -0.3 is 15.6 Å². The Bertz CT molecular complexity index is 388. The highest BCUT2D eigenvalue weighted by Crippen LogP contribution is 2.39. The Balaban J connectivity index is 3.50. The van der Waals surface area contributed by atoms with E-state index in [1.165, 1.54) is 13.2 Å². The molecule has 15 heavy (non-hydrogen) atoms. The van der Waals surface area contributed by atoms with Crippen LogP contribution in [0, 0.1) is 5.82 Å². The minimum Gasteiger partial charge on any atom is -0.507 e. The van der Waals surface area contributed by atoms with Gasteiger partial charge in [0, 0.05) is 11.6 Å². The lowest BCUT2D eigenvalue weighted by atomic mass is 9.94. The van der Waals surface area contributed by atoms with Crippen LogP contribution in [0.5, 0.6) is 11.5 Å². The molecule has 0 unspecified atom stereocenters. The standard InChI is InChI=1S/C10H13ClFNO2/c1-10(2,13)7-5(14)4-6(15-3)8(11)9(7)12/h4,14H,13H2,1-3H3. The molecule has 1 aromatic carbocycles. The summed E-state index contributed by atoms with van der Waals surface area (Å²) in [6.45, 7) is 3.15. The molecule has 5 heteroatoms. The zero-order valence-electron chi connectivity index (χ0n) is 8.77. The maximum Gasteiger partial charge on any atom is 0.154 e. The second kappa shape index (κ2) is 3.87. The number of hydrogen-bond donors (Lipinski definition) is 2. The van der Waals surface area contributed by atoms with Crippen molar-refractivity contribution in [3.05, 3.63) is 22.5 Å². The first-order valence-corrected chi connectivity index (χ1v) is 4.71. The first-order valence-electron chi connectivity index (χ1n) is 4.33. The molecule has 0 heterocycles. The molecular weight excluding hydrogens is 221 g/mol. The average Bonchev–Trinajstić information content (AvgIpc) is 2.09. The first-order chi connectivity index (χ1) is 6.79. The molecule has 3 nitrogen and oxygen atoms in total. The second-order valence-electron chi connectivity index (χ2n) is 3.82. The van der Waals surface area contributed by atoms with Gasteiger partial charge in [0.2, 0.25) is 0 Å². The molecule has 0 aliphatic carbocycles. The molecule has 0 amide bonds. The van der Waals surface area contributed by atoms with E-state index in [-0.39, 0.29) is 22.1 Å². The van der Waals surface area contributed by atoms with E-state index in [1.54, 1.807) is 13.8 Å². The third kappa shape index (κ3) is 2.16. The number of hydrogen-bond acceptors (Lipinski definition) is 3. The van der Waals surface area contributed by atoms with Crippen molar-refractivity contribution < 1.29 is 14.2 Å². The van der Waals surface area contributed by atoms with E-state index in [4.69, 9.17) is 22.1 Å². The van der Waals surface area contributed by atoms with E-state index >= 15 is 0 Å². The lowest BCUT2D eigenvalue weighted by molar-refractivity contribution is 0.389. The average molecular weight is 234 g/mol. The molecule has 0 fully saturated rings. The molecule has 0 aliphatic heterocycles. The Morgan fingerprint density at radius 1 is 1.53 bits per heavy atom. The molecule has 0 bridgehead atoms. The maximum absolute atomic E-state index is 13.8. The Kier molecular flexibility index (Phi) is 3.11. The number of nitrogens with two attached hydrogens (primary N) is 1. The summed E-state index contributed by atoms with van der Waals surface area (Å²) in [5.41, 5.74) is 4.69. The molecule has 84 valence electrons. The van der Waals surface area contributed by atoms with Crippen molar-refractivity contribution in [2.75, 3.05) is 7.11 Å². The molecule has 1 aromatic rings. The van der Waals surface area contributed by atoms with Crippen LogP contribution in [0.4, 0.5) is 4.39 Å². The number of aromatic hydroxyl groups is 1. The van der Waals surface area contributed by atoms with E-state index in [0.29, 0.717) is 0 Å². The van der Waals surface area contributed by atoms with Crippen LogP contribution < -0.4 is 10.5 Å². The quantitative estimate of drug-likeness (QED) is 0.825. The lowest BCUT2D eigenvalue weighted by Gasteiger charge is -2.22. The molecule has 3 N–H and O–H groups in total. The van der Waals surface area contributed by atoms with Gasteiger partial charge in [-0.25, -0.2) is 4.39 Å². The highest BCUT2D eigenvalue weighted by atomic mass is 35.5. The van der Waals surface area contributed by atoms with Gasteiger partial charge >= 0.3 is 0 Å². The van der Waals surface area contributed by atoms with Gasteiger partial charge in [0.1, 0.15) is 16.5 Å². The van der Waals surface area contributed by atoms with E-state index in [0.717, 1.165) is 0 Å². The predicted molar refractivity (Wildman–Crippen MR) is 56.8 cm³/mol. The van der Waals surface area contributed by atoms with Crippen molar-refractivity contribution in [2.45, 2.75) is 19.4 Å². The van der Waals surface area contributed by atoms with Gasteiger partial charge in [0.15, 0.2) is 5.82 Å². The van der Waals surface area contributed by atoms with E-state index in [9.17, 15) is 9.50 Å². The Morgan fingerprint density at radius 2 is 2.07 bits per heavy atom. The largest absolute Gasteiger partial charge is 0.507 e. The highest BCUT2D eigenvalue weighted by molar-refractivity contribution is 6.32. The maximum atomic E-state index is 13.8. The summed E-state index contributed by atoms with van der Waals surface area (Å²) in [5, 5.41) is 9.43. The third-order valence-electron chi connectivity index (χ3n) is 2.02. The fourth-order valence-electron chi connectivity index (χ4n) is 1.35. The lowest BCUT2D eigenvalue weighted by Crippen LogP contribution is -2.30. The van der Waals surface area contributed by atoms with E-state index < -0.39 is 11.4 Å². The van der Waals surface area contributed by atoms with Gasteiger partial charge in [-0.05, 0) is 13.8 Å². The molecule has 0 aliphatic rings. The van der Waals surface area contributed by atoms with Crippen LogP contribution in [-0.2, 0) is 5.54 Å². The van der Waals surface area contributed by atoms with Gasteiger partial charge in [-0.3, -0.25) is 0 Å². The number of ether oxygens (including phenoxy) is 1. The summed E-state index contributed by atoms with van der Waals surface area (Å²) < 4.78 is 18.6. The zero-order valence-corrected chi connectivity index (χ0v) is 9.52. The minimum absolute atomic E-state index is 0.0201. The van der Waals surface area contributed by atoms with Crippen LogP contribution in [0.2, 0.25) is 5.02 Å². The van der Waals surface area contributed by atoms with Crippen molar-refractivity contribution in [3.8, 4) is 11.5 Å². The summed E-state index contributed by atoms with van der Waals surface area (Å²) >= 11 is 5.71. The second-order valence-corrected chi connectivity index (χ2v) is 4.20. The minimum atomic E-state index is -1.01. The summed E-state index contributed by atoms with van der Waals surface area (Å²) in [5.74, 6) is -0.929. The van der Waals surface area contributed by atoms with Crippen LogP contribution in [0.3, 0.4) is 0 Å². The SMILES string of the molecule is COc1cc(O)c(C(C)(C)N)c(F)c1Cl. The number of phenolic OH excluding ortho intramolecular Hbond substituents is 1. The van der Waals surface area contributed by atoms with Crippen molar-refractivity contribution in [3.63, 3.8) is 0 Å². The molecule has 0 aromatic heterocycles. The molecule has 0 saturated carbocycles. The van der Waals surface area contributed by atoms with Crippen molar-refractivity contribution >= 4 is 11.6 Å². The predicted octanol–water partition coefficient (Wildman–Crippen LogP) is 2.39. The molecule has 0 saturated heterocycles.